The standard InChI is InChI=1S/C26H30F3N3O2/c1-17-7-8-20(13-23(17)26(27,28)29)25(34)30-14-24(33)31-21-15-32(16-21)22-11-9-19(10-12-22)18-5-3-2-4-6-18/h2-8,13,19,21-22H,9-12,14-16H2,1H3,(H,30,34)(H,31,33)/t19-,22+. The van der Waals surface area contributed by atoms with Crippen LogP contribution < -0.4 is 10.6 Å². The smallest absolute Gasteiger partial charge is 0.349 e. The van der Waals surface area contributed by atoms with Crippen LogP contribution in [0.25, 0.3) is 0 Å². The molecule has 0 unspecified atom stereocenters. The quantitative estimate of drug-likeness (QED) is 0.659. The Morgan fingerprint density at radius 3 is 2.32 bits per heavy atom. The number of alkyl halides is 3. The number of benzene rings is 2. The fraction of sp³-hybridized carbons (Fsp3) is 0.462. The van der Waals surface area contributed by atoms with E-state index < -0.39 is 17.6 Å². The summed E-state index contributed by atoms with van der Waals surface area (Å²) in [6.45, 7) is 2.64. The van der Waals surface area contributed by atoms with Crippen LogP contribution in [0.2, 0.25) is 0 Å². The highest BCUT2D eigenvalue weighted by Crippen LogP contribution is 2.36. The van der Waals surface area contributed by atoms with Gasteiger partial charge in [-0.15, -0.1) is 0 Å². The van der Waals surface area contributed by atoms with Crippen molar-refractivity contribution in [2.45, 2.75) is 56.8 Å². The van der Waals surface area contributed by atoms with Crippen LogP contribution in [0.3, 0.4) is 0 Å². The van der Waals surface area contributed by atoms with Gasteiger partial charge in [0.2, 0.25) is 5.91 Å². The minimum Gasteiger partial charge on any atom is -0.349 e. The molecule has 0 aromatic heterocycles. The second kappa shape index (κ2) is 10.2. The summed E-state index contributed by atoms with van der Waals surface area (Å²) in [4.78, 5) is 26.8. The van der Waals surface area contributed by atoms with E-state index in [0.29, 0.717) is 12.0 Å². The molecule has 2 aliphatic rings. The van der Waals surface area contributed by atoms with Crippen LogP contribution in [0.5, 0.6) is 0 Å². The van der Waals surface area contributed by atoms with Gasteiger partial charge in [-0.1, -0.05) is 36.4 Å². The number of nitrogens with zero attached hydrogens (tertiary/aromatic N) is 1. The average Bonchev–Trinajstić information content (AvgIpc) is 2.80. The molecule has 4 rings (SSSR count). The second-order valence-electron chi connectivity index (χ2n) is 9.34. The van der Waals surface area contributed by atoms with Crippen molar-refractivity contribution in [3.05, 3.63) is 70.8 Å². The lowest BCUT2D eigenvalue weighted by Crippen LogP contribution is -2.63. The number of rotatable bonds is 6. The van der Waals surface area contributed by atoms with Gasteiger partial charge >= 0.3 is 6.18 Å². The first kappa shape index (κ1) is 24.3. The summed E-state index contributed by atoms with van der Waals surface area (Å²) in [6, 6.07) is 14.6. The van der Waals surface area contributed by atoms with Crippen LogP contribution in [0.1, 0.15) is 58.6 Å². The molecule has 2 aromatic carbocycles. The van der Waals surface area contributed by atoms with Gasteiger partial charge < -0.3 is 10.6 Å². The molecule has 1 aliphatic heterocycles. The summed E-state index contributed by atoms with van der Waals surface area (Å²) in [7, 11) is 0. The number of nitrogens with one attached hydrogen (secondary N) is 2. The first-order valence-electron chi connectivity index (χ1n) is 11.7. The van der Waals surface area contributed by atoms with Crippen LogP contribution in [0, 0.1) is 6.92 Å². The molecular formula is C26H30F3N3O2. The van der Waals surface area contributed by atoms with Gasteiger partial charge in [0, 0.05) is 24.7 Å². The Morgan fingerprint density at radius 2 is 1.68 bits per heavy atom. The van der Waals surface area contributed by atoms with Crippen LogP contribution >= 0.6 is 0 Å². The number of likely N-dealkylation sites (tertiary alicyclic amines) is 1. The molecule has 0 bridgehead atoms. The molecule has 0 atom stereocenters. The summed E-state index contributed by atoms with van der Waals surface area (Å²) in [5.74, 6) is -0.418. The largest absolute Gasteiger partial charge is 0.416 e. The number of hydrogen-bond donors (Lipinski definition) is 2. The molecule has 2 aromatic rings. The molecule has 2 amide bonds. The molecule has 0 radical (unpaired) electrons. The van der Waals surface area contributed by atoms with Crippen molar-refractivity contribution in [1.29, 1.82) is 0 Å². The summed E-state index contributed by atoms with van der Waals surface area (Å²) < 4.78 is 39.2. The zero-order chi connectivity index (χ0) is 24.3. The van der Waals surface area contributed by atoms with E-state index in [1.165, 1.54) is 37.5 Å². The maximum absolute atomic E-state index is 13.1. The van der Waals surface area contributed by atoms with E-state index in [-0.39, 0.29) is 29.6 Å². The Balaban J connectivity index is 1.17. The van der Waals surface area contributed by atoms with Crippen molar-refractivity contribution in [1.82, 2.24) is 15.5 Å². The van der Waals surface area contributed by atoms with E-state index in [9.17, 15) is 22.8 Å². The van der Waals surface area contributed by atoms with E-state index >= 15 is 0 Å². The topological polar surface area (TPSA) is 61.4 Å². The van der Waals surface area contributed by atoms with E-state index in [4.69, 9.17) is 0 Å². The van der Waals surface area contributed by atoms with Crippen LogP contribution in [-0.4, -0.2) is 48.4 Å². The van der Waals surface area contributed by atoms with Gasteiger partial charge in [0.15, 0.2) is 0 Å². The molecule has 8 heteroatoms. The highest BCUT2D eigenvalue weighted by atomic mass is 19.4. The maximum Gasteiger partial charge on any atom is 0.416 e. The van der Waals surface area contributed by atoms with Crippen molar-refractivity contribution in [3.63, 3.8) is 0 Å². The molecule has 2 fully saturated rings. The van der Waals surface area contributed by atoms with Gasteiger partial charge in [-0.25, -0.2) is 0 Å². The van der Waals surface area contributed by atoms with E-state index in [2.05, 4.69) is 39.8 Å². The minimum atomic E-state index is -4.53. The van der Waals surface area contributed by atoms with E-state index in [0.717, 1.165) is 32.0 Å². The molecule has 2 N–H and O–H groups in total. The molecular weight excluding hydrogens is 443 g/mol. The highest BCUT2D eigenvalue weighted by Gasteiger charge is 2.36. The first-order valence-corrected chi connectivity index (χ1v) is 11.7. The predicted molar refractivity (Wildman–Crippen MR) is 123 cm³/mol. The minimum absolute atomic E-state index is 0.0347. The van der Waals surface area contributed by atoms with Crippen LogP contribution in [0.4, 0.5) is 13.2 Å². The number of carbonyl (C=O) groups excluding carboxylic acids is 2. The van der Waals surface area contributed by atoms with Gasteiger partial charge in [-0.05, 0) is 61.8 Å². The molecule has 1 saturated carbocycles. The Bertz CT molecular complexity index is 1010. The Hall–Kier alpha value is -2.87. The fourth-order valence-electron chi connectivity index (χ4n) is 5.01. The number of carbonyl (C=O) groups is 2. The molecule has 1 saturated heterocycles. The molecule has 34 heavy (non-hydrogen) atoms. The fourth-order valence-corrected chi connectivity index (χ4v) is 5.01. The highest BCUT2D eigenvalue weighted by molar-refractivity contribution is 5.96. The Labute approximate surface area is 197 Å². The average molecular weight is 474 g/mol. The summed E-state index contributed by atoms with van der Waals surface area (Å²) in [5, 5.41) is 5.31. The van der Waals surface area contributed by atoms with E-state index in [1.54, 1.807) is 0 Å². The molecule has 1 aliphatic carbocycles. The first-order chi connectivity index (χ1) is 16.2. The lowest BCUT2D eigenvalue weighted by molar-refractivity contribution is -0.138. The van der Waals surface area contributed by atoms with Crippen molar-refractivity contribution < 1.29 is 22.8 Å². The Morgan fingerprint density at radius 1 is 1.00 bits per heavy atom. The molecule has 182 valence electrons. The zero-order valence-corrected chi connectivity index (χ0v) is 19.2. The van der Waals surface area contributed by atoms with Gasteiger partial charge in [-0.3, -0.25) is 14.5 Å². The van der Waals surface area contributed by atoms with Gasteiger partial charge in [0.25, 0.3) is 5.91 Å². The number of aryl methyl sites for hydroxylation is 1. The monoisotopic (exact) mass is 473 g/mol. The lowest BCUT2D eigenvalue weighted by atomic mass is 9.80. The SMILES string of the molecule is Cc1ccc(C(=O)NCC(=O)NC2CN([C@H]3CC[C@@H](c4ccccc4)CC3)C2)cc1C(F)(F)F. The maximum atomic E-state index is 13.1. The third kappa shape index (κ3) is 5.78. The van der Waals surface area contributed by atoms with Gasteiger partial charge in [-0.2, -0.15) is 13.2 Å². The van der Waals surface area contributed by atoms with Gasteiger partial charge in [0.05, 0.1) is 18.2 Å². The Kier molecular flexibility index (Phi) is 7.26. The second-order valence-corrected chi connectivity index (χ2v) is 9.34. The van der Waals surface area contributed by atoms with Gasteiger partial charge in [0.1, 0.15) is 0 Å². The third-order valence-corrected chi connectivity index (χ3v) is 6.97. The summed E-state index contributed by atoms with van der Waals surface area (Å²) >= 11 is 0. The molecule has 5 nitrogen and oxygen atoms in total. The number of hydrogen-bond acceptors (Lipinski definition) is 3. The van der Waals surface area contributed by atoms with Crippen molar-refractivity contribution in [2.24, 2.45) is 0 Å². The summed E-state index contributed by atoms with van der Waals surface area (Å²) in [5.41, 5.74) is 0.491. The lowest BCUT2D eigenvalue weighted by Gasteiger charge is -2.46. The van der Waals surface area contributed by atoms with Crippen molar-refractivity contribution in [2.75, 3.05) is 19.6 Å². The number of amides is 2. The predicted octanol–water partition coefficient (Wildman–Crippen LogP) is 4.27. The van der Waals surface area contributed by atoms with Crippen molar-refractivity contribution in [3.8, 4) is 0 Å². The zero-order valence-electron chi connectivity index (χ0n) is 19.2. The number of halogens is 3. The summed E-state index contributed by atoms with van der Waals surface area (Å²) in [6.07, 6.45) is 0.0980. The molecule has 1 heterocycles. The molecule has 0 spiro atoms. The van der Waals surface area contributed by atoms with Crippen LogP contribution in [0.15, 0.2) is 48.5 Å². The van der Waals surface area contributed by atoms with Crippen LogP contribution in [-0.2, 0) is 11.0 Å². The van der Waals surface area contributed by atoms with Crippen molar-refractivity contribution >= 4 is 11.8 Å². The third-order valence-electron chi connectivity index (χ3n) is 6.97. The normalized spacial score (nSPS) is 21.5. The van der Waals surface area contributed by atoms with E-state index in [1.807, 2.05) is 6.07 Å².